The fourth-order valence-electron chi connectivity index (χ4n) is 6.34. The quantitative estimate of drug-likeness (QED) is 0.221. The summed E-state index contributed by atoms with van der Waals surface area (Å²) in [7, 11) is 5.60. The number of rotatable bonds is 9. The predicted molar refractivity (Wildman–Crippen MR) is 180 cm³/mol. The van der Waals surface area contributed by atoms with Gasteiger partial charge in [-0.1, -0.05) is 41.9 Å². The molecule has 0 unspecified atom stereocenters. The number of methoxy groups -OCH3 is 1. The molecule has 2 aromatic heterocycles. The zero-order chi connectivity index (χ0) is 32.4. The molecule has 0 radical (unpaired) electrons. The third-order valence-corrected chi connectivity index (χ3v) is 9.32. The number of nitrogens with zero attached hydrogens (tertiary/aromatic N) is 4. The van der Waals surface area contributed by atoms with Gasteiger partial charge < -0.3 is 30.2 Å². The second-order valence-corrected chi connectivity index (χ2v) is 12.3. The Kier molecular flexibility index (Phi) is 9.24. The molecule has 10 nitrogen and oxygen atoms in total. The minimum absolute atomic E-state index is 0.209. The van der Waals surface area contributed by atoms with Gasteiger partial charge in [0.2, 0.25) is 0 Å². The van der Waals surface area contributed by atoms with Crippen molar-refractivity contribution < 1.29 is 14.3 Å². The lowest BCUT2D eigenvalue weighted by atomic mass is 9.94. The summed E-state index contributed by atoms with van der Waals surface area (Å²) in [5.74, 6) is 2.78. The molecule has 0 bridgehead atoms. The number of ether oxygens (including phenoxy) is 1. The Morgan fingerprint density at radius 1 is 1.15 bits per heavy atom. The summed E-state index contributed by atoms with van der Waals surface area (Å²) in [5.41, 5.74) is 8.62. The van der Waals surface area contributed by atoms with Crippen LogP contribution in [0.5, 0.6) is 5.75 Å². The van der Waals surface area contributed by atoms with E-state index >= 15 is 0 Å². The highest BCUT2D eigenvalue weighted by molar-refractivity contribution is 6.36. The van der Waals surface area contributed by atoms with Gasteiger partial charge >= 0.3 is 0 Å². The van der Waals surface area contributed by atoms with Crippen molar-refractivity contribution in [3.05, 3.63) is 87.7 Å². The number of imidazole rings is 1. The standard InChI is InChI=1S/C35H38ClN7O3/c1-21-25(27-9-6-10-28(33(27)36)41-35(45)34-40-30-19-42(2)14-13-31(30)43(34)3)7-5-8-26(21)29-15-32(46-4)22(17-38-29)16-37-18-23-11-12-24(20-44)39-23/h5-10,15,17,23,37,39H,11-14,16,18-19H2,1-4H3,(H,41,45)/t23-/m0/s1. The Bertz CT molecular complexity index is 1850. The van der Waals surface area contributed by atoms with Gasteiger partial charge in [0.1, 0.15) is 11.7 Å². The number of halogens is 1. The maximum atomic E-state index is 13.4. The van der Waals surface area contributed by atoms with Crippen LogP contribution in [0.25, 0.3) is 22.4 Å². The molecular weight excluding hydrogens is 602 g/mol. The summed E-state index contributed by atoms with van der Waals surface area (Å²) in [5, 5.41) is 10.1. The summed E-state index contributed by atoms with van der Waals surface area (Å²) >= 11 is 6.97. The second-order valence-electron chi connectivity index (χ2n) is 11.9. The van der Waals surface area contributed by atoms with Crippen LogP contribution >= 0.6 is 11.6 Å². The van der Waals surface area contributed by atoms with Gasteiger partial charge in [0.05, 0.1) is 34.9 Å². The van der Waals surface area contributed by atoms with Crippen molar-refractivity contribution in [2.75, 3.05) is 32.6 Å². The lowest BCUT2D eigenvalue weighted by molar-refractivity contribution is 0.101. The highest BCUT2D eigenvalue weighted by Crippen LogP contribution is 2.39. The third-order valence-electron chi connectivity index (χ3n) is 8.91. The number of hydrogen-bond donors (Lipinski definition) is 3. The molecule has 0 aliphatic carbocycles. The minimum Gasteiger partial charge on any atom is -0.496 e. The molecule has 0 saturated carbocycles. The van der Waals surface area contributed by atoms with E-state index in [0.717, 1.165) is 89.5 Å². The van der Waals surface area contributed by atoms with Gasteiger partial charge in [0, 0.05) is 86.8 Å². The monoisotopic (exact) mass is 639 g/mol. The van der Waals surface area contributed by atoms with Crippen molar-refractivity contribution in [3.63, 3.8) is 0 Å². The van der Waals surface area contributed by atoms with Gasteiger partial charge in [-0.15, -0.1) is 0 Å². The van der Waals surface area contributed by atoms with Gasteiger partial charge in [0.25, 0.3) is 5.91 Å². The van der Waals surface area contributed by atoms with Crippen LogP contribution in [-0.4, -0.2) is 64.6 Å². The smallest absolute Gasteiger partial charge is 0.291 e. The zero-order valence-corrected chi connectivity index (χ0v) is 27.3. The highest BCUT2D eigenvalue weighted by Gasteiger charge is 2.25. The van der Waals surface area contributed by atoms with Gasteiger partial charge in [-0.3, -0.25) is 9.78 Å². The van der Waals surface area contributed by atoms with Crippen molar-refractivity contribution >= 4 is 29.1 Å². The maximum Gasteiger partial charge on any atom is 0.291 e. The van der Waals surface area contributed by atoms with E-state index < -0.39 is 0 Å². The average molecular weight is 640 g/mol. The predicted octanol–water partition coefficient (Wildman–Crippen LogP) is 4.92. The van der Waals surface area contributed by atoms with E-state index in [1.165, 1.54) is 0 Å². The molecule has 46 heavy (non-hydrogen) atoms. The number of likely N-dealkylation sites (N-methyl/N-ethyl adjacent to an activating group) is 1. The van der Waals surface area contributed by atoms with Crippen LogP contribution in [-0.2, 0) is 31.4 Å². The first-order valence-electron chi connectivity index (χ1n) is 15.4. The Hall–Kier alpha value is -4.47. The van der Waals surface area contributed by atoms with E-state index in [1.807, 2.05) is 67.1 Å². The van der Waals surface area contributed by atoms with Crippen LogP contribution in [0, 0.1) is 6.92 Å². The molecule has 2 aliphatic heterocycles. The summed E-state index contributed by atoms with van der Waals surface area (Å²) in [4.78, 5) is 35.9. The number of amides is 1. The van der Waals surface area contributed by atoms with Crippen LogP contribution in [0.1, 0.15) is 46.0 Å². The van der Waals surface area contributed by atoms with E-state index in [4.69, 9.17) is 21.3 Å². The van der Waals surface area contributed by atoms with Crippen molar-refractivity contribution in [2.45, 2.75) is 45.3 Å². The number of pyridine rings is 1. The molecule has 4 heterocycles. The molecule has 3 N–H and O–H groups in total. The normalized spacial score (nSPS) is 16.1. The van der Waals surface area contributed by atoms with Crippen LogP contribution in [0.3, 0.4) is 0 Å². The number of allylic oxidation sites excluding steroid dienone is 1. The number of nitrogens with one attached hydrogen (secondary N) is 3. The highest BCUT2D eigenvalue weighted by atomic mass is 35.5. The van der Waals surface area contributed by atoms with Crippen LogP contribution in [0.15, 0.2) is 54.4 Å². The maximum absolute atomic E-state index is 13.4. The summed E-state index contributed by atoms with van der Waals surface area (Å²) in [6.45, 7) is 5.01. The second kappa shape index (κ2) is 13.5. The summed E-state index contributed by atoms with van der Waals surface area (Å²) in [6.07, 6.45) is 4.34. The number of carbonyl (C=O) groups is 1. The fraction of sp³-hybridized carbons (Fsp3) is 0.343. The molecule has 0 spiro atoms. The van der Waals surface area contributed by atoms with E-state index in [1.54, 1.807) is 13.2 Å². The number of anilines is 1. The Morgan fingerprint density at radius 3 is 2.72 bits per heavy atom. The molecule has 1 saturated heterocycles. The molecule has 2 aliphatic rings. The first kappa shape index (κ1) is 31.5. The van der Waals surface area contributed by atoms with Gasteiger partial charge in [0.15, 0.2) is 5.82 Å². The first-order valence-corrected chi connectivity index (χ1v) is 15.8. The summed E-state index contributed by atoms with van der Waals surface area (Å²) in [6, 6.07) is 13.8. The Morgan fingerprint density at radius 2 is 1.93 bits per heavy atom. The zero-order valence-electron chi connectivity index (χ0n) is 26.5. The number of benzene rings is 2. The molecule has 6 rings (SSSR count). The average Bonchev–Trinajstić information content (AvgIpc) is 3.66. The Balaban J connectivity index is 1.21. The fourth-order valence-corrected chi connectivity index (χ4v) is 6.62. The summed E-state index contributed by atoms with van der Waals surface area (Å²) < 4.78 is 7.64. The molecule has 1 fully saturated rings. The number of fused-ring (bicyclic) bond motifs is 1. The number of aromatic nitrogens is 3. The molecular formula is C35H38ClN7O3. The first-order chi connectivity index (χ1) is 22.3. The van der Waals surface area contributed by atoms with E-state index in [0.29, 0.717) is 28.8 Å². The van der Waals surface area contributed by atoms with Crippen LogP contribution < -0.4 is 20.7 Å². The van der Waals surface area contributed by atoms with E-state index in [-0.39, 0.29) is 11.9 Å². The largest absolute Gasteiger partial charge is 0.496 e. The van der Waals surface area contributed by atoms with Crippen molar-refractivity contribution in [2.24, 2.45) is 7.05 Å². The molecule has 2 aromatic carbocycles. The van der Waals surface area contributed by atoms with Crippen molar-refractivity contribution in [1.82, 2.24) is 30.1 Å². The molecule has 11 heteroatoms. The third kappa shape index (κ3) is 6.30. The lowest BCUT2D eigenvalue weighted by Gasteiger charge is -2.21. The van der Waals surface area contributed by atoms with E-state index in [9.17, 15) is 9.59 Å². The van der Waals surface area contributed by atoms with E-state index in [2.05, 4.69) is 32.9 Å². The van der Waals surface area contributed by atoms with Gasteiger partial charge in [-0.05, 0) is 37.6 Å². The number of hydrogen-bond acceptors (Lipinski definition) is 8. The van der Waals surface area contributed by atoms with Gasteiger partial charge in [-0.25, -0.2) is 9.78 Å². The number of carbonyl (C=O) groups excluding carboxylic acids is 2. The topological polar surface area (TPSA) is 113 Å². The van der Waals surface area contributed by atoms with Crippen molar-refractivity contribution in [1.29, 1.82) is 0 Å². The van der Waals surface area contributed by atoms with Gasteiger partial charge in [-0.2, -0.15) is 0 Å². The minimum atomic E-state index is -0.294. The van der Waals surface area contributed by atoms with Crippen LogP contribution in [0.2, 0.25) is 5.02 Å². The van der Waals surface area contributed by atoms with Crippen LogP contribution in [0.4, 0.5) is 5.69 Å². The lowest BCUT2D eigenvalue weighted by Crippen LogP contribution is -2.33. The van der Waals surface area contributed by atoms with Crippen molar-refractivity contribution in [3.8, 4) is 28.1 Å². The molecule has 1 amide bonds. The molecule has 1 atom stereocenters. The molecule has 238 valence electrons. The molecule has 4 aromatic rings. The Labute approximate surface area is 273 Å². The SMILES string of the molecule is COc1cc(-c2cccc(-c3cccc(NC(=O)c4nc5c(n4C)CCN(C)C5)c3Cl)c2C)ncc1CNC[C@@H]1CCC(=C=O)N1.